The summed E-state index contributed by atoms with van der Waals surface area (Å²) >= 11 is 5.88. The number of nitrogens with two attached hydrogens (primary N) is 1. The van der Waals surface area contributed by atoms with E-state index in [2.05, 4.69) is 4.98 Å². The van der Waals surface area contributed by atoms with E-state index in [1.54, 1.807) is 12.1 Å². The van der Waals surface area contributed by atoms with E-state index in [4.69, 9.17) is 22.1 Å². The van der Waals surface area contributed by atoms with Crippen LogP contribution in [0, 0.1) is 0 Å². The van der Waals surface area contributed by atoms with Crippen LogP contribution in [-0.4, -0.2) is 11.1 Å². The Hall–Kier alpha value is -0.800. The van der Waals surface area contributed by atoms with Crippen LogP contribution in [0.3, 0.4) is 0 Å². The molecule has 1 aromatic rings. The van der Waals surface area contributed by atoms with Crippen LogP contribution in [0.25, 0.3) is 0 Å². The monoisotopic (exact) mass is 212 g/mol. The summed E-state index contributed by atoms with van der Waals surface area (Å²) in [7, 11) is 0. The molecule has 1 heterocycles. The molecule has 1 saturated carbocycles. The van der Waals surface area contributed by atoms with Crippen molar-refractivity contribution in [3.63, 3.8) is 0 Å². The Morgan fingerprint density at radius 2 is 2.29 bits per heavy atom. The minimum atomic E-state index is 0.342. The third kappa shape index (κ3) is 1.99. The maximum atomic E-state index is 5.88. The molecule has 0 amide bonds. The summed E-state index contributed by atoms with van der Waals surface area (Å²) in [6.07, 6.45) is 3.85. The van der Waals surface area contributed by atoms with Gasteiger partial charge in [-0.1, -0.05) is 11.6 Å². The average molecular weight is 213 g/mol. The molecule has 0 saturated heterocycles. The number of hydrogen-bond acceptors (Lipinski definition) is 3. The third-order valence-electron chi connectivity index (χ3n) is 2.43. The highest BCUT2D eigenvalue weighted by Crippen LogP contribution is 2.25. The maximum absolute atomic E-state index is 5.88. The van der Waals surface area contributed by atoms with Gasteiger partial charge in [-0.15, -0.1) is 0 Å². The second-order valence-corrected chi connectivity index (χ2v) is 3.86. The molecule has 76 valence electrons. The lowest BCUT2D eigenvalue weighted by molar-refractivity contribution is 0.114. The minimum absolute atomic E-state index is 0.342. The van der Waals surface area contributed by atoms with Gasteiger partial charge in [-0.25, -0.2) is 4.98 Å². The zero-order valence-corrected chi connectivity index (χ0v) is 8.63. The van der Waals surface area contributed by atoms with Crippen LogP contribution < -0.4 is 10.5 Å². The number of halogens is 1. The standard InChI is InChI=1S/C10H13ClN2O/c11-8-4-5-10(13-9(8)6-12)14-7-2-1-3-7/h4-5,7H,1-3,6,12H2. The molecule has 1 aromatic heterocycles. The van der Waals surface area contributed by atoms with Crippen LogP contribution in [0.2, 0.25) is 5.02 Å². The zero-order chi connectivity index (χ0) is 9.97. The molecule has 2 rings (SSSR count). The SMILES string of the molecule is NCc1nc(OC2CCC2)ccc1Cl. The molecule has 3 nitrogen and oxygen atoms in total. The third-order valence-corrected chi connectivity index (χ3v) is 2.77. The van der Waals surface area contributed by atoms with Gasteiger partial charge in [-0.3, -0.25) is 0 Å². The van der Waals surface area contributed by atoms with Crippen molar-refractivity contribution in [1.29, 1.82) is 0 Å². The second-order valence-electron chi connectivity index (χ2n) is 3.45. The van der Waals surface area contributed by atoms with Crippen molar-refractivity contribution in [3.8, 4) is 5.88 Å². The topological polar surface area (TPSA) is 48.1 Å². The van der Waals surface area contributed by atoms with Gasteiger partial charge in [0.05, 0.1) is 10.7 Å². The molecule has 0 aliphatic heterocycles. The van der Waals surface area contributed by atoms with Crippen molar-refractivity contribution in [2.24, 2.45) is 5.73 Å². The molecule has 4 heteroatoms. The van der Waals surface area contributed by atoms with Crippen molar-refractivity contribution in [1.82, 2.24) is 4.98 Å². The highest BCUT2D eigenvalue weighted by atomic mass is 35.5. The summed E-state index contributed by atoms with van der Waals surface area (Å²) in [6.45, 7) is 0.348. The molecule has 14 heavy (non-hydrogen) atoms. The first-order chi connectivity index (χ1) is 6.79. The van der Waals surface area contributed by atoms with E-state index in [0.29, 0.717) is 29.2 Å². The van der Waals surface area contributed by atoms with Crippen LogP contribution in [-0.2, 0) is 6.54 Å². The second kappa shape index (κ2) is 4.15. The van der Waals surface area contributed by atoms with Crippen molar-refractivity contribution >= 4 is 11.6 Å². The lowest BCUT2D eigenvalue weighted by Crippen LogP contribution is -2.25. The van der Waals surface area contributed by atoms with Crippen molar-refractivity contribution in [3.05, 3.63) is 22.8 Å². The highest BCUT2D eigenvalue weighted by molar-refractivity contribution is 6.31. The fraction of sp³-hybridized carbons (Fsp3) is 0.500. The van der Waals surface area contributed by atoms with Crippen molar-refractivity contribution in [2.75, 3.05) is 0 Å². The quantitative estimate of drug-likeness (QED) is 0.835. The lowest BCUT2D eigenvalue weighted by Gasteiger charge is -2.25. The average Bonchev–Trinajstić information content (AvgIpc) is 2.14. The molecular formula is C10H13ClN2O. The number of hydrogen-bond donors (Lipinski definition) is 1. The van der Waals surface area contributed by atoms with E-state index in [9.17, 15) is 0 Å². The Bertz CT molecular complexity index is 326. The molecule has 1 fully saturated rings. The summed E-state index contributed by atoms with van der Waals surface area (Å²) in [4.78, 5) is 4.23. The molecular weight excluding hydrogens is 200 g/mol. The molecule has 0 spiro atoms. The summed E-state index contributed by atoms with van der Waals surface area (Å²) in [5, 5.41) is 0.605. The van der Waals surface area contributed by atoms with Gasteiger partial charge in [0, 0.05) is 12.6 Å². The summed E-state index contributed by atoms with van der Waals surface area (Å²) in [5.41, 5.74) is 6.19. The number of aromatic nitrogens is 1. The molecule has 0 atom stereocenters. The smallest absolute Gasteiger partial charge is 0.213 e. The van der Waals surface area contributed by atoms with E-state index < -0.39 is 0 Å². The van der Waals surface area contributed by atoms with Crippen LogP contribution in [0.15, 0.2) is 12.1 Å². The van der Waals surface area contributed by atoms with Gasteiger partial charge in [0.1, 0.15) is 6.10 Å². The van der Waals surface area contributed by atoms with Gasteiger partial charge in [0.25, 0.3) is 0 Å². The minimum Gasteiger partial charge on any atom is -0.474 e. The molecule has 0 unspecified atom stereocenters. The summed E-state index contributed by atoms with van der Waals surface area (Å²) < 4.78 is 5.62. The van der Waals surface area contributed by atoms with Crippen molar-refractivity contribution < 1.29 is 4.74 Å². The predicted molar refractivity (Wildman–Crippen MR) is 55.4 cm³/mol. The summed E-state index contributed by atoms with van der Waals surface area (Å²) in [5.74, 6) is 0.638. The number of rotatable bonds is 3. The van der Waals surface area contributed by atoms with E-state index in [1.165, 1.54) is 6.42 Å². The molecule has 0 radical (unpaired) electrons. The highest BCUT2D eigenvalue weighted by Gasteiger charge is 2.19. The van der Waals surface area contributed by atoms with E-state index in [1.807, 2.05) is 0 Å². The molecule has 2 N–H and O–H groups in total. The lowest BCUT2D eigenvalue weighted by atomic mass is 9.96. The first-order valence-corrected chi connectivity index (χ1v) is 5.19. The van der Waals surface area contributed by atoms with E-state index >= 15 is 0 Å². The molecule has 0 aromatic carbocycles. The van der Waals surface area contributed by atoms with Gasteiger partial charge in [-0.05, 0) is 25.3 Å². The number of nitrogens with zero attached hydrogens (tertiary/aromatic N) is 1. The first-order valence-electron chi connectivity index (χ1n) is 4.82. The van der Waals surface area contributed by atoms with Crippen LogP contribution in [0.1, 0.15) is 25.0 Å². The van der Waals surface area contributed by atoms with E-state index in [-0.39, 0.29) is 0 Å². The normalized spacial score (nSPS) is 16.4. The zero-order valence-electron chi connectivity index (χ0n) is 7.87. The van der Waals surface area contributed by atoms with Crippen molar-refractivity contribution in [2.45, 2.75) is 31.9 Å². The molecule has 0 bridgehead atoms. The Kier molecular flexibility index (Phi) is 2.89. The Morgan fingerprint density at radius 1 is 1.50 bits per heavy atom. The van der Waals surface area contributed by atoms with Gasteiger partial charge >= 0.3 is 0 Å². The van der Waals surface area contributed by atoms with Crippen LogP contribution in [0.5, 0.6) is 5.88 Å². The number of pyridine rings is 1. The van der Waals surface area contributed by atoms with E-state index in [0.717, 1.165) is 12.8 Å². The van der Waals surface area contributed by atoms with Crippen LogP contribution >= 0.6 is 11.6 Å². The Labute approximate surface area is 88.2 Å². The van der Waals surface area contributed by atoms with Gasteiger partial charge in [0.15, 0.2) is 0 Å². The molecule has 1 aliphatic rings. The maximum Gasteiger partial charge on any atom is 0.213 e. The van der Waals surface area contributed by atoms with Gasteiger partial charge in [0.2, 0.25) is 5.88 Å². The fourth-order valence-corrected chi connectivity index (χ4v) is 1.51. The fourth-order valence-electron chi connectivity index (χ4n) is 1.33. The van der Waals surface area contributed by atoms with Gasteiger partial charge < -0.3 is 10.5 Å². The Morgan fingerprint density at radius 3 is 2.86 bits per heavy atom. The largest absolute Gasteiger partial charge is 0.474 e. The predicted octanol–water partition coefficient (Wildman–Crippen LogP) is 2.12. The summed E-state index contributed by atoms with van der Waals surface area (Å²) in [6, 6.07) is 3.57. The van der Waals surface area contributed by atoms with Gasteiger partial charge in [-0.2, -0.15) is 0 Å². The molecule has 1 aliphatic carbocycles. The number of ether oxygens (including phenoxy) is 1. The van der Waals surface area contributed by atoms with Crippen LogP contribution in [0.4, 0.5) is 0 Å². The Balaban J connectivity index is 2.09. The first kappa shape index (κ1) is 9.74.